The summed E-state index contributed by atoms with van der Waals surface area (Å²) in [5, 5.41) is 3.43. The van der Waals surface area contributed by atoms with Crippen LogP contribution in [0.15, 0.2) is 73.3 Å². The lowest BCUT2D eigenvalue weighted by atomic mass is 10.0. The molecule has 0 aliphatic carbocycles. The van der Waals surface area contributed by atoms with Gasteiger partial charge in [-0.25, -0.2) is 0 Å². The highest BCUT2D eigenvalue weighted by Crippen LogP contribution is 2.22. The third kappa shape index (κ3) is 4.94. The SMILES string of the molecule is Cc1ccc(C(=O)N2CCOC[C@H](Cc3nccn4cccc34)C2)cc1NCc1ccccn1. The summed E-state index contributed by atoms with van der Waals surface area (Å²) < 4.78 is 7.95. The number of carbonyl (C=O) groups excluding carboxylic acids is 1. The predicted molar refractivity (Wildman–Crippen MR) is 132 cm³/mol. The van der Waals surface area contributed by atoms with Gasteiger partial charge in [0.15, 0.2) is 0 Å². The smallest absolute Gasteiger partial charge is 0.254 e. The first kappa shape index (κ1) is 22.1. The Balaban J connectivity index is 1.29. The molecule has 0 spiro atoms. The van der Waals surface area contributed by atoms with Crippen molar-refractivity contribution < 1.29 is 9.53 Å². The summed E-state index contributed by atoms with van der Waals surface area (Å²) in [7, 11) is 0. The molecule has 7 heteroatoms. The van der Waals surface area contributed by atoms with E-state index in [1.165, 1.54) is 0 Å². The third-order valence-electron chi connectivity index (χ3n) is 6.31. The maximum atomic E-state index is 13.5. The van der Waals surface area contributed by atoms with Gasteiger partial charge < -0.3 is 19.4 Å². The van der Waals surface area contributed by atoms with Crippen LogP contribution in [0.2, 0.25) is 0 Å². The van der Waals surface area contributed by atoms with Gasteiger partial charge in [0.1, 0.15) is 0 Å². The number of pyridine rings is 1. The van der Waals surface area contributed by atoms with Gasteiger partial charge in [-0.05, 0) is 55.3 Å². The zero-order valence-electron chi connectivity index (χ0n) is 19.4. The average Bonchev–Trinajstić information content (AvgIpc) is 3.24. The molecule has 174 valence electrons. The minimum absolute atomic E-state index is 0.0326. The molecule has 0 unspecified atom stereocenters. The lowest BCUT2D eigenvalue weighted by Gasteiger charge is -2.24. The summed E-state index contributed by atoms with van der Waals surface area (Å²) in [4.78, 5) is 24.4. The van der Waals surface area contributed by atoms with Crippen LogP contribution in [0.1, 0.15) is 27.3 Å². The normalized spacial score (nSPS) is 16.4. The summed E-state index contributed by atoms with van der Waals surface area (Å²) in [5.41, 5.74) is 5.82. The van der Waals surface area contributed by atoms with Crippen LogP contribution in [-0.4, -0.2) is 51.5 Å². The largest absolute Gasteiger partial charge is 0.379 e. The van der Waals surface area contributed by atoms with Crippen LogP contribution in [0.3, 0.4) is 0 Å². The highest BCUT2D eigenvalue weighted by molar-refractivity contribution is 5.95. The van der Waals surface area contributed by atoms with Crippen LogP contribution in [-0.2, 0) is 17.7 Å². The highest BCUT2D eigenvalue weighted by atomic mass is 16.5. The minimum Gasteiger partial charge on any atom is -0.379 e. The zero-order valence-corrected chi connectivity index (χ0v) is 19.4. The number of anilines is 1. The number of carbonyl (C=O) groups is 1. The number of nitrogens with zero attached hydrogens (tertiary/aromatic N) is 4. The first-order valence-corrected chi connectivity index (χ1v) is 11.7. The van der Waals surface area contributed by atoms with Crippen molar-refractivity contribution in [3.63, 3.8) is 0 Å². The number of rotatable bonds is 6. The molecule has 3 aromatic heterocycles. The van der Waals surface area contributed by atoms with E-state index in [1.54, 1.807) is 6.20 Å². The molecule has 4 aromatic rings. The van der Waals surface area contributed by atoms with E-state index in [4.69, 9.17) is 4.74 Å². The number of ether oxygens (including phenoxy) is 1. The Hall–Kier alpha value is -3.71. The molecule has 4 heterocycles. The Morgan fingerprint density at radius 1 is 1.12 bits per heavy atom. The Morgan fingerprint density at radius 3 is 2.94 bits per heavy atom. The molecule has 1 N–H and O–H groups in total. The summed E-state index contributed by atoms with van der Waals surface area (Å²) >= 11 is 0. The predicted octanol–water partition coefficient (Wildman–Crippen LogP) is 3.98. The molecule has 1 fully saturated rings. The number of hydrogen-bond donors (Lipinski definition) is 1. The van der Waals surface area contributed by atoms with Crippen molar-refractivity contribution in [2.24, 2.45) is 5.92 Å². The number of nitrogens with one attached hydrogen (secondary N) is 1. The third-order valence-corrected chi connectivity index (χ3v) is 6.31. The van der Waals surface area contributed by atoms with E-state index >= 15 is 0 Å². The van der Waals surface area contributed by atoms with Gasteiger partial charge in [0, 0.05) is 55.0 Å². The van der Waals surface area contributed by atoms with E-state index in [0.717, 1.165) is 34.6 Å². The molecule has 1 amide bonds. The van der Waals surface area contributed by atoms with Gasteiger partial charge in [0.2, 0.25) is 0 Å². The molecule has 1 aliphatic heterocycles. The van der Waals surface area contributed by atoms with E-state index in [1.807, 2.05) is 72.9 Å². The fraction of sp³-hybridized carbons (Fsp3) is 0.296. The Kier molecular flexibility index (Phi) is 6.53. The molecule has 1 saturated heterocycles. The van der Waals surface area contributed by atoms with Gasteiger partial charge in [-0.3, -0.25) is 14.8 Å². The molecule has 0 saturated carbocycles. The molecule has 5 rings (SSSR count). The maximum Gasteiger partial charge on any atom is 0.254 e. The summed E-state index contributed by atoms with van der Waals surface area (Å²) in [6.45, 7) is 5.05. The molecule has 1 aromatic carbocycles. The number of aryl methyl sites for hydroxylation is 1. The number of hydrogen-bond acceptors (Lipinski definition) is 5. The van der Waals surface area contributed by atoms with Gasteiger partial charge in [-0.1, -0.05) is 12.1 Å². The Bertz CT molecular complexity index is 1270. The van der Waals surface area contributed by atoms with Crippen molar-refractivity contribution in [3.05, 3.63) is 95.8 Å². The monoisotopic (exact) mass is 455 g/mol. The Labute approximate surface area is 199 Å². The topological polar surface area (TPSA) is 71.8 Å². The number of fused-ring (bicyclic) bond motifs is 1. The van der Waals surface area contributed by atoms with E-state index in [0.29, 0.717) is 38.4 Å². The number of aromatic nitrogens is 3. The summed E-state index contributed by atoms with van der Waals surface area (Å²) in [5.74, 6) is 0.220. The van der Waals surface area contributed by atoms with Crippen LogP contribution in [0.25, 0.3) is 5.52 Å². The Morgan fingerprint density at radius 2 is 2.06 bits per heavy atom. The van der Waals surface area contributed by atoms with Crippen molar-refractivity contribution in [2.75, 3.05) is 31.6 Å². The van der Waals surface area contributed by atoms with Crippen LogP contribution in [0, 0.1) is 12.8 Å². The van der Waals surface area contributed by atoms with Crippen molar-refractivity contribution in [2.45, 2.75) is 19.9 Å². The van der Waals surface area contributed by atoms with Gasteiger partial charge >= 0.3 is 0 Å². The van der Waals surface area contributed by atoms with Crippen molar-refractivity contribution in [3.8, 4) is 0 Å². The fourth-order valence-corrected chi connectivity index (χ4v) is 4.47. The van der Waals surface area contributed by atoms with Crippen molar-refractivity contribution in [1.29, 1.82) is 0 Å². The second-order valence-corrected chi connectivity index (χ2v) is 8.78. The molecule has 1 atom stereocenters. The second kappa shape index (κ2) is 10.1. The van der Waals surface area contributed by atoms with Gasteiger partial charge in [0.25, 0.3) is 5.91 Å². The number of amides is 1. The van der Waals surface area contributed by atoms with Gasteiger partial charge in [-0.2, -0.15) is 0 Å². The molecule has 34 heavy (non-hydrogen) atoms. The summed E-state index contributed by atoms with van der Waals surface area (Å²) in [6.07, 6.45) is 8.36. The molecule has 0 bridgehead atoms. The first-order valence-electron chi connectivity index (χ1n) is 11.7. The average molecular weight is 456 g/mol. The zero-order chi connectivity index (χ0) is 23.3. The fourth-order valence-electron chi connectivity index (χ4n) is 4.47. The molecular weight excluding hydrogens is 426 g/mol. The molecule has 1 aliphatic rings. The lowest BCUT2D eigenvalue weighted by Crippen LogP contribution is -2.36. The molecule has 0 radical (unpaired) electrons. The van der Waals surface area contributed by atoms with Crippen LogP contribution in [0.5, 0.6) is 0 Å². The van der Waals surface area contributed by atoms with E-state index in [-0.39, 0.29) is 11.8 Å². The minimum atomic E-state index is 0.0326. The van der Waals surface area contributed by atoms with Crippen LogP contribution >= 0.6 is 0 Å². The quantitative estimate of drug-likeness (QED) is 0.476. The van der Waals surface area contributed by atoms with Gasteiger partial charge in [0.05, 0.1) is 36.7 Å². The number of benzene rings is 1. The van der Waals surface area contributed by atoms with E-state index in [2.05, 4.69) is 25.8 Å². The van der Waals surface area contributed by atoms with E-state index in [9.17, 15) is 4.79 Å². The van der Waals surface area contributed by atoms with Crippen molar-refractivity contribution >= 4 is 17.1 Å². The van der Waals surface area contributed by atoms with E-state index < -0.39 is 0 Å². The molecular formula is C27H29N5O2. The first-order chi connectivity index (χ1) is 16.7. The summed E-state index contributed by atoms with van der Waals surface area (Å²) in [6, 6.07) is 15.8. The van der Waals surface area contributed by atoms with Crippen molar-refractivity contribution in [1.82, 2.24) is 19.3 Å². The lowest BCUT2D eigenvalue weighted by molar-refractivity contribution is 0.0737. The van der Waals surface area contributed by atoms with Gasteiger partial charge in [-0.15, -0.1) is 0 Å². The highest BCUT2D eigenvalue weighted by Gasteiger charge is 2.25. The standard InChI is InChI=1S/C27H29N5O2/c1-20-7-8-22(16-24(20)30-17-23-5-2-3-9-28-23)27(33)32-13-14-34-19-21(18-32)15-25-26-6-4-11-31(26)12-10-29-25/h2-12,16,21,30H,13-15,17-19H2,1H3/t21-/m1/s1. The van der Waals surface area contributed by atoms with Crippen LogP contribution < -0.4 is 5.32 Å². The second-order valence-electron chi connectivity index (χ2n) is 8.78. The maximum absolute atomic E-state index is 13.5. The van der Waals surface area contributed by atoms with Crippen LogP contribution in [0.4, 0.5) is 5.69 Å². The molecule has 7 nitrogen and oxygen atoms in total.